The molecular weight excluding hydrogens is 304 g/mol. The Hall–Kier alpha value is -2.02. The maximum atomic E-state index is 13.3. The molecule has 3 rings (SSSR count). The van der Waals surface area contributed by atoms with Gasteiger partial charge in [0, 0.05) is 31.4 Å². The molecule has 0 bridgehead atoms. The van der Waals surface area contributed by atoms with Crippen molar-refractivity contribution in [3.8, 4) is 0 Å². The van der Waals surface area contributed by atoms with Crippen molar-refractivity contribution in [1.82, 2.24) is 4.90 Å². The monoisotopic (exact) mass is 323 g/mol. The quantitative estimate of drug-likeness (QED) is 0.848. The fourth-order valence-corrected chi connectivity index (χ4v) is 3.31. The number of carbonyl (C=O) groups excluding carboxylic acids is 2. The number of amides is 2. The lowest BCUT2D eigenvalue weighted by molar-refractivity contribution is -0.139. The molecule has 7 heteroatoms. The van der Waals surface area contributed by atoms with Crippen molar-refractivity contribution in [2.45, 2.75) is 12.8 Å². The van der Waals surface area contributed by atoms with Crippen LogP contribution >= 0.6 is 0 Å². The van der Waals surface area contributed by atoms with Gasteiger partial charge in [-0.1, -0.05) is 0 Å². The third kappa shape index (κ3) is 3.06. The lowest BCUT2D eigenvalue weighted by atomic mass is 10.1. The highest BCUT2D eigenvalue weighted by Gasteiger charge is 2.41. The van der Waals surface area contributed by atoms with Gasteiger partial charge in [-0.15, -0.1) is 0 Å². The Morgan fingerprint density at radius 1 is 1.17 bits per heavy atom. The predicted molar refractivity (Wildman–Crippen MR) is 80.6 cm³/mol. The minimum atomic E-state index is -0.766. The molecule has 2 heterocycles. The van der Waals surface area contributed by atoms with Gasteiger partial charge in [-0.3, -0.25) is 9.59 Å². The summed E-state index contributed by atoms with van der Waals surface area (Å²) in [6.07, 6.45) is 1.21. The van der Waals surface area contributed by atoms with E-state index in [1.54, 1.807) is 4.90 Å². The summed E-state index contributed by atoms with van der Waals surface area (Å²) < 4.78 is 26.7. The van der Waals surface area contributed by atoms with Crippen molar-refractivity contribution in [2.24, 2.45) is 17.6 Å². The standard InChI is InChI=1S/C16H19F2N3O2/c17-11-5-12(18)7-13(6-11)21-4-2-14(16(21)23)15(22)20-3-1-10(8-19)9-20/h5-7,10,14H,1-4,8-9,19H2/t10-,14-/m1/s1. The number of hydrogen-bond donors (Lipinski definition) is 1. The van der Waals surface area contributed by atoms with E-state index >= 15 is 0 Å². The van der Waals surface area contributed by atoms with Crippen LogP contribution in [0.15, 0.2) is 18.2 Å². The molecular formula is C16H19F2N3O2. The second-order valence-electron chi connectivity index (χ2n) is 6.13. The second kappa shape index (κ2) is 6.23. The summed E-state index contributed by atoms with van der Waals surface area (Å²) in [6, 6.07) is 2.96. The number of halogens is 2. The summed E-state index contributed by atoms with van der Waals surface area (Å²) in [5.41, 5.74) is 5.78. The van der Waals surface area contributed by atoms with E-state index in [4.69, 9.17) is 5.73 Å². The molecule has 0 spiro atoms. The molecule has 0 aromatic heterocycles. The van der Waals surface area contributed by atoms with Gasteiger partial charge < -0.3 is 15.5 Å². The third-order valence-corrected chi connectivity index (χ3v) is 4.59. The fraction of sp³-hybridized carbons (Fsp3) is 0.500. The van der Waals surface area contributed by atoms with Gasteiger partial charge in [-0.25, -0.2) is 8.78 Å². The molecule has 5 nitrogen and oxygen atoms in total. The van der Waals surface area contributed by atoms with Crippen LogP contribution in [0.3, 0.4) is 0 Å². The van der Waals surface area contributed by atoms with Crippen LogP contribution in [0, 0.1) is 23.5 Å². The van der Waals surface area contributed by atoms with Gasteiger partial charge in [0.1, 0.15) is 17.6 Å². The van der Waals surface area contributed by atoms with Crippen molar-refractivity contribution < 1.29 is 18.4 Å². The lowest BCUT2D eigenvalue weighted by Crippen LogP contribution is -2.39. The molecule has 2 fully saturated rings. The Labute approximate surface area is 133 Å². The zero-order valence-corrected chi connectivity index (χ0v) is 12.7. The first-order chi connectivity index (χ1) is 11.0. The van der Waals surface area contributed by atoms with Crippen LogP contribution in [0.1, 0.15) is 12.8 Å². The topological polar surface area (TPSA) is 66.6 Å². The first-order valence-corrected chi connectivity index (χ1v) is 7.76. The number of anilines is 1. The number of hydrogen-bond acceptors (Lipinski definition) is 3. The Morgan fingerprint density at radius 2 is 1.87 bits per heavy atom. The largest absolute Gasteiger partial charge is 0.342 e. The molecule has 2 atom stereocenters. The van der Waals surface area contributed by atoms with Crippen LogP contribution < -0.4 is 10.6 Å². The van der Waals surface area contributed by atoms with Crippen LogP contribution in [0.2, 0.25) is 0 Å². The highest BCUT2D eigenvalue weighted by molar-refractivity contribution is 6.09. The molecule has 23 heavy (non-hydrogen) atoms. The first kappa shape index (κ1) is 15.9. The van der Waals surface area contributed by atoms with E-state index < -0.39 is 23.5 Å². The highest BCUT2D eigenvalue weighted by atomic mass is 19.1. The molecule has 1 aromatic rings. The highest BCUT2D eigenvalue weighted by Crippen LogP contribution is 2.29. The van der Waals surface area contributed by atoms with Gasteiger partial charge >= 0.3 is 0 Å². The molecule has 2 aliphatic heterocycles. The van der Waals surface area contributed by atoms with Gasteiger partial charge in [0.25, 0.3) is 0 Å². The number of carbonyl (C=O) groups is 2. The van der Waals surface area contributed by atoms with E-state index in [-0.39, 0.29) is 24.1 Å². The van der Waals surface area contributed by atoms with E-state index in [0.29, 0.717) is 26.1 Å². The molecule has 2 saturated heterocycles. The number of benzene rings is 1. The molecule has 1 aromatic carbocycles. The lowest BCUT2D eigenvalue weighted by Gasteiger charge is -2.21. The van der Waals surface area contributed by atoms with Crippen molar-refractivity contribution in [3.63, 3.8) is 0 Å². The number of nitrogens with two attached hydrogens (primary N) is 1. The summed E-state index contributed by atoms with van der Waals surface area (Å²) >= 11 is 0. The average Bonchev–Trinajstić information content (AvgIpc) is 3.12. The smallest absolute Gasteiger partial charge is 0.239 e. The van der Waals surface area contributed by atoms with E-state index in [0.717, 1.165) is 24.6 Å². The Kier molecular flexibility index (Phi) is 4.30. The van der Waals surface area contributed by atoms with Gasteiger partial charge in [0.15, 0.2) is 0 Å². The third-order valence-electron chi connectivity index (χ3n) is 4.59. The number of nitrogens with zero attached hydrogens (tertiary/aromatic N) is 2. The van der Waals surface area contributed by atoms with Gasteiger partial charge in [0.2, 0.25) is 11.8 Å². The molecule has 0 radical (unpaired) electrons. The maximum absolute atomic E-state index is 13.3. The minimum absolute atomic E-state index is 0.157. The fourth-order valence-electron chi connectivity index (χ4n) is 3.31. The molecule has 0 unspecified atom stereocenters. The SMILES string of the molecule is NC[C@H]1CCN(C(=O)[C@H]2CCN(c3cc(F)cc(F)c3)C2=O)C1. The van der Waals surface area contributed by atoms with E-state index in [2.05, 4.69) is 0 Å². The normalized spacial score (nSPS) is 24.6. The van der Waals surface area contributed by atoms with Crippen LogP contribution in [0.25, 0.3) is 0 Å². The Balaban J connectivity index is 1.72. The zero-order chi connectivity index (χ0) is 16.6. The van der Waals surface area contributed by atoms with Crippen molar-refractivity contribution in [1.29, 1.82) is 0 Å². The predicted octanol–water partition coefficient (Wildman–Crippen LogP) is 1.12. The van der Waals surface area contributed by atoms with E-state index in [1.165, 1.54) is 4.90 Å². The maximum Gasteiger partial charge on any atom is 0.239 e. The molecule has 0 saturated carbocycles. The first-order valence-electron chi connectivity index (χ1n) is 7.76. The molecule has 2 amide bonds. The van der Waals surface area contributed by atoms with Crippen molar-refractivity contribution >= 4 is 17.5 Å². The summed E-state index contributed by atoms with van der Waals surface area (Å²) in [7, 11) is 0. The van der Waals surface area contributed by atoms with Crippen LogP contribution in [-0.4, -0.2) is 42.9 Å². The molecule has 0 aliphatic carbocycles. The average molecular weight is 323 g/mol. The van der Waals surface area contributed by atoms with Crippen molar-refractivity contribution in [2.75, 3.05) is 31.1 Å². The summed E-state index contributed by atoms with van der Waals surface area (Å²) in [6.45, 7) is 2.00. The van der Waals surface area contributed by atoms with E-state index in [1.807, 2.05) is 0 Å². The van der Waals surface area contributed by atoms with E-state index in [9.17, 15) is 18.4 Å². The Bertz CT molecular complexity index is 618. The van der Waals surface area contributed by atoms with Crippen molar-refractivity contribution in [3.05, 3.63) is 29.8 Å². The molecule has 2 aliphatic rings. The minimum Gasteiger partial charge on any atom is -0.342 e. The molecule has 2 N–H and O–H groups in total. The van der Waals surface area contributed by atoms with Crippen LogP contribution in [-0.2, 0) is 9.59 Å². The number of likely N-dealkylation sites (tertiary alicyclic amines) is 1. The van der Waals surface area contributed by atoms with Crippen LogP contribution in [0.4, 0.5) is 14.5 Å². The van der Waals surface area contributed by atoms with Gasteiger partial charge in [-0.2, -0.15) is 0 Å². The van der Waals surface area contributed by atoms with Crippen LogP contribution in [0.5, 0.6) is 0 Å². The summed E-state index contributed by atoms with van der Waals surface area (Å²) in [5, 5.41) is 0. The summed E-state index contributed by atoms with van der Waals surface area (Å²) in [4.78, 5) is 28.0. The van der Waals surface area contributed by atoms with Gasteiger partial charge in [-0.05, 0) is 37.4 Å². The summed E-state index contributed by atoms with van der Waals surface area (Å²) in [5.74, 6) is -2.57. The zero-order valence-electron chi connectivity index (χ0n) is 12.7. The molecule has 124 valence electrons. The Morgan fingerprint density at radius 3 is 2.48 bits per heavy atom. The number of rotatable bonds is 3. The second-order valence-corrected chi connectivity index (χ2v) is 6.13. The van der Waals surface area contributed by atoms with Gasteiger partial charge in [0.05, 0.1) is 0 Å².